The fourth-order valence-electron chi connectivity index (χ4n) is 1.36. The number of esters is 1. The Morgan fingerprint density at radius 3 is 2.31 bits per heavy atom. The Hall–Kier alpha value is -1.52. The zero-order valence-corrected chi connectivity index (χ0v) is 8.62. The molecule has 2 nitrogen and oxygen atoms in total. The van der Waals surface area contributed by atoms with E-state index in [1.807, 2.05) is 0 Å². The lowest BCUT2D eigenvalue weighted by Gasteiger charge is -2.19. The lowest BCUT2D eigenvalue weighted by atomic mass is 9.95. The Kier molecular flexibility index (Phi) is 3.93. The maximum atomic E-state index is 12.7. The van der Waals surface area contributed by atoms with Crippen LogP contribution in [-0.2, 0) is 9.53 Å². The number of carbonyl (C=O) groups excluding carboxylic acids is 1. The van der Waals surface area contributed by atoms with Gasteiger partial charge < -0.3 is 4.74 Å². The molecular weight excluding hydrogens is 221 g/mol. The van der Waals surface area contributed by atoms with Gasteiger partial charge in [-0.2, -0.15) is 13.2 Å². The molecule has 0 bridgehead atoms. The number of benzene rings is 1. The molecule has 0 unspecified atom stereocenters. The molecule has 5 heteroatoms. The molecule has 0 saturated carbocycles. The maximum Gasteiger partial charge on any atom is 0.396 e. The molecule has 0 amide bonds. The number of carbonyl (C=O) groups is 1. The van der Waals surface area contributed by atoms with Crippen molar-refractivity contribution in [3.63, 3.8) is 0 Å². The van der Waals surface area contributed by atoms with E-state index in [0.717, 1.165) is 7.11 Å². The molecule has 1 rings (SSSR count). The van der Waals surface area contributed by atoms with E-state index in [4.69, 9.17) is 0 Å². The molecule has 0 aliphatic rings. The summed E-state index contributed by atoms with van der Waals surface area (Å²) in [6.45, 7) is 0. The van der Waals surface area contributed by atoms with Crippen LogP contribution in [0.5, 0.6) is 0 Å². The molecule has 0 radical (unpaired) electrons. The van der Waals surface area contributed by atoms with Gasteiger partial charge in [0.25, 0.3) is 0 Å². The van der Waals surface area contributed by atoms with Gasteiger partial charge in [-0.15, -0.1) is 0 Å². The van der Waals surface area contributed by atoms with E-state index in [1.165, 1.54) is 24.3 Å². The number of ether oxygens (including phenoxy) is 1. The molecule has 1 aromatic carbocycles. The summed E-state index contributed by atoms with van der Waals surface area (Å²) in [6.07, 6.45) is -5.14. The van der Waals surface area contributed by atoms with Crippen molar-refractivity contribution in [2.45, 2.75) is 18.5 Å². The van der Waals surface area contributed by atoms with Gasteiger partial charge in [0.1, 0.15) is 0 Å². The average molecular weight is 232 g/mol. The van der Waals surface area contributed by atoms with Crippen LogP contribution in [0.3, 0.4) is 0 Å². The van der Waals surface area contributed by atoms with Gasteiger partial charge in [0.05, 0.1) is 19.4 Å². The SMILES string of the molecule is COC(=O)C[C@@H](c1ccccc1)C(F)(F)F. The van der Waals surface area contributed by atoms with Crippen LogP contribution < -0.4 is 0 Å². The van der Waals surface area contributed by atoms with E-state index in [-0.39, 0.29) is 5.56 Å². The van der Waals surface area contributed by atoms with Gasteiger partial charge in [0.2, 0.25) is 0 Å². The third-order valence-electron chi connectivity index (χ3n) is 2.20. The van der Waals surface area contributed by atoms with Crippen molar-refractivity contribution in [3.05, 3.63) is 35.9 Å². The summed E-state index contributed by atoms with van der Waals surface area (Å²) in [7, 11) is 1.07. The van der Waals surface area contributed by atoms with Crippen LogP contribution in [0.2, 0.25) is 0 Å². The first kappa shape index (κ1) is 12.5. The lowest BCUT2D eigenvalue weighted by Crippen LogP contribution is -2.24. The second-order valence-corrected chi connectivity index (χ2v) is 3.29. The largest absolute Gasteiger partial charge is 0.469 e. The summed E-state index contributed by atoms with van der Waals surface area (Å²) in [4.78, 5) is 10.9. The Balaban J connectivity index is 2.93. The molecule has 0 aromatic heterocycles. The lowest BCUT2D eigenvalue weighted by molar-refractivity contribution is -0.164. The summed E-state index contributed by atoms with van der Waals surface area (Å²) >= 11 is 0. The summed E-state index contributed by atoms with van der Waals surface area (Å²) < 4.78 is 42.3. The van der Waals surface area contributed by atoms with Crippen molar-refractivity contribution in [3.8, 4) is 0 Å². The number of alkyl halides is 3. The summed E-state index contributed by atoms with van der Waals surface area (Å²) in [6, 6.07) is 7.33. The highest BCUT2D eigenvalue weighted by Crippen LogP contribution is 2.37. The molecule has 1 atom stereocenters. The number of halogens is 3. The highest BCUT2D eigenvalue weighted by Gasteiger charge is 2.42. The molecule has 0 spiro atoms. The van der Waals surface area contributed by atoms with Crippen molar-refractivity contribution in [1.82, 2.24) is 0 Å². The molecule has 16 heavy (non-hydrogen) atoms. The second kappa shape index (κ2) is 5.01. The van der Waals surface area contributed by atoms with Gasteiger partial charge in [0, 0.05) is 0 Å². The highest BCUT2D eigenvalue weighted by molar-refractivity contribution is 5.70. The van der Waals surface area contributed by atoms with Crippen LogP contribution in [-0.4, -0.2) is 19.3 Å². The van der Waals surface area contributed by atoms with Crippen molar-refractivity contribution in [2.75, 3.05) is 7.11 Å². The van der Waals surface area contributed by atoms with Gasteiger partial charge in [-0.05, 0) is 5.56 Å². The first-order valence-electron chi connectivity index (χ1n) is 4.63. The number of methoxy groups -OCH3 is 1. The Bertz CT molecular complexity index is 346. The van der Waals surface area contributed by atoms with Crippen LogP contribution in [0.4, 0.5) is 13.2 Å². The second-order valence-electron chi connectivity index (χ2n) is 3.29. The predicted octanol–water partition coefficient (Wildman–Crippen LogP) is 2.90. The van der Waals surface area contributed by atoms with Gasteiger partial charge in [0.15, 0.2) is 0 Å². The van der Waals surface area contributed by atoms with Crippen LogP contribution in [0.25, 0.3) is 0 Å². The van der Waals surface area contributed by atoms with Gasteiger partial charge in [-0.1, -0.05) is 30.3 Å². The molecule has 0 aliphatic carbocycles. The van der Waals surface area contributed by atoms with Crippen LogP contribution in [0, 0.1) is 0 Å². The highest BCUT2D eigenvalue weighted by atomic mass is 19.4. The van der Waals surface area contributed by atoms with E-state index in [0.29, 0.717) is 0 Å². The van der Waals surface area contributed by atoms with Gasteiger partial charge in [-0.3, -0.25) is 4.79 Å². The predicted molar refractivity (Wildman–Crippen MR) is 51.9 cm³/mol. The number of hydrogen-bond donors (Lipinski definition) is 0. The monoisotopic (exact) mass is 232 g/mol. The fourth-order valence-corrected chi connectivity index (χ4v) is 1.36. The van der Waals surface area contributed by atoms with Crippen LogP contribution >= 0.6 is 0 Å². The van der Waals surface area contributed by atoms with Crippen molar-refractivity contribution in [1.29, 1.82) is 0 Å². The van der Waals surface area contributed by atoms with Crippen molar-refractivity contribution >= 4 is 5.97 Å². The standard InChI is InChI=1S/C11H11F3O2/c1-16-10(15)7-9(11(12,13)14)8-5-3-2-4-6-8/h2-6,9H,7H2,1H3/t9-/m0/s1. The first-order valence-corrected chi connectivity index (χ1v) is 4.63. The molecule has 1 aromatic rings. The van der Waals surface area contributed by atoms with E-state index in [2.05, 4.69) is 4.74 Å². The molecule has 0 heterocycles. The van der Waals surface area contributed by atoms with Crippen LogP contribution in [0.15, 0.2) is 30.3 Å². The van der Waals surface area contributed by atoms with E-state index >= 15 is 0 Å². The number of hydrogen-bond acceptors (Lipinski definition) is 2. The first-order chi connectivity index (χ1) is 7.45. The average Bonchev–Trinajstić information content (AvgIpc) is 2.25. The minimum absolute atomic E-state index is 0.0698. The summed E-state index contributed by atoms with van der Waals surface area (Å²) in [5.41, 5.74) is 0.0698. The molecule has 0 N–H and O–H groups in total. The molecule has 88 valence electrons. The van der Waals surface area contributed by atoms with Gasteiger partial charge >= 0.3 is 12.1 Å². The minimum atomic E-state index is -4.45. The quantitative estimate of drug-likeness (QED) is 0.749. The maximum absolute atomic E-state index is 12.7. The Morgan fingerprint density at radius 2 is 1.88 bits per heavy atom. The Labute approximate surface area is 91.0 Å². The summed E-state index contributed by atoms with van der Waals surface area (Å²) in [5, 5.41) is 0. The zero-order chi connectivity index (χ0) is 12.2. The molecule has 0 aliphatic heterocycles. The number of rotatable bonds is 3. The van der Waals surface area contributed by atoms with E-state index < -0.39 is 24.5 Å². The minimum Gasteiger partial charge on any atom is -0.469 e. The molecular formula is C11H11F3O2. The van der Waals surface area contributed by atoms with Gasteiger partial charge in [-0.25, -0.2) is 0 Å². The normalized spacial score (nSPS) is 13.2. The zero-order valence-electron chi connectivity index (χ0n) is 8.62. The van der Waals surface area contributed by atoms with E-state index in [1.54, 1.807) is 6.07 Å². The smallest absolute Gasteiger partial charge is 0.396 e. The van der Waals surface area contributed by atoms with Crippen molar-refractivity contribution < 1.29 is 22.7 Å². The Morgan fingerprint density at radius 1 is 1.31 bits per heavy atom. The van der Waals surface area contributed by atoms with Crippen molar-refractivity contribution in [2.24, 2.45) is 0 Å². The van der Waals surface area contributed by atoms with E-state index in [9.17, 15) is 18.0 Å². The third-order valence-corrected chi connectivity index (χ3v) is 2.20. The van der Waals surface area contributed by atoms with Crippen LogP contribution in [0.1, 0.15) is 17.9 Å². The summed E-state index contributed by atoms with van der Waals surface area (Å²) in [5.74, 6) is -2.67. The fraction of sp³-hybridized carbons (Fsp3) is 0.364. The molecule has 0 fully saturated rings. The topological polar surface area (TPSA) is 26.3 Å². The third kappa shape index (κ3) is 3.25. The molecule has 0 saturated heterocycles.